The molecule has 0 saturated heterocycles. The topological polar surface area (TPSA) is 50.4 Å². The van der Waals surface area contributed by atoms with Crippen LogP contribution < -0.4 is 5.63 Å². The number of para-hydroxylation sites is 1. The van der Waals surface area contributed by atoms with Crippen molar-refractivity contribution in [1.82, 2.24) is 0 Å². The molecule has 3 nitrogen and oxygen atoms in total. The molecule has 2 aromatic rings. The van der Waals surface area contributed by atoms with Gasteiger partial charge in [-0.2, -0.15) is 0 Å². The maximum Gasteiger partial charge on any atom is 0.339 e. The van der Waals surface area contributed by atoms with Crippen molar-refractivity contribution in [3.8, 4) is 0 Å². The van der Waals surface area contributed by atoms with Crippen molar-refractivity contribution >= 4 is 11.0 Å². The van der Waals surface area contributed by atoms with Crippen LogP contribution in [0.4, 0.5) is 0 Å². The minimum atomic E-state index is -0.404. The van der Waals surface area contributed by atoms with E-state index in [9.17, 15) is 9.90 Å². The van der Waals surface area contributed by atoms with Gasteiger partial charge >= 0.3 is 5.63 Å². The molecule has 1 heterocycles. The van der Waals surface area contributed by atoms with Crippen LogP contribution >= 0.6 is 0 Å². The van der Waals surface area contributed by atoms with Crippen molar-refractivity contribution in [2.45, 2.75) is 31.3 Å². The zero-order chi connectivity index (χ0) is 11.8. The van der Waals surface area contributed by atoms with Crippen molar-refractivity contribution in [2.75, 3.05) is 0 Å². The summed E-state index contributed by atoms with van der Waals surface area (Å²) in [5, 5.41) is 10.8. The standard InChI is InChI=1S/C14H14O3/c15-12-6-3-5-10(12)11-8-9-4-1-2-7-13(9)17-14(11)16/h1-2,4,7-8,10,12,15H,3,5-6H2/t10-,12-/m0/s1. The van der Waals surface area contributed by atoms with Gasteiger partial charge < -0.3 is 9.52 Å². The summed E-state index contributed by atoms with van der Waals surface area (Å²) in [5.41, 5.74) is 0.914. The van der Waals surface area contributed by atoms with E-state index in [2.05, 4.69) is 0 Å². The van der Waals surface area contributed by atoms with E-state index in [-0.39, 0.29) is 11.5 Å². The summed E-state index contributed by atoms with van der Waals surface area (Å²) in [4.78, 5) is 11.9. The van der Waals surface area contributed by atoms with Gasteiger partial charge in [0.05, 0.1) is 6.10 Å². The molecule has 1 aromatic carbocycles. The molecule has 3 rings (SSSR count). The number of benzene rings is 1. The predicted molar refractivity (Wildman–Crippen MR) is 65.1 cm³/mol. The maximum atomic E-state index is 11.9. The summed E-state index contributed by atoms with van der Waals surface area (Å²) < 4.78 is 5.29. The van der Waals surface area contributed by atoms with Gasteiger partial charge in [-0.25, -0.2) is 4.79 Å². The number of aliphatic hydroxyl groups excluding tert-OH is 1. The van der Waals surface area contributed by atoms with Crippen LogP contribution in [0.5, 0.6) is 0 Å². The Hall–Kier alpha value is -1.61. The fourth-order valence-corrected chi connectivity index (χ4v) is 2.64. The van der Waals surface area contributed by atoms with E-state index >= 15 is 0 Å². The van der Waals surface area contributed by atoms with E-state index in [4.69, 9.17) is 4.42 Å². The summed E-state index contributed by atoms with van der Waals surface area (Å²) >= 11 is 0. The molecule has 1 saturated carbocycles. The Morgan fingerprint density at radius 3 is 2.82 bits per heavy atom. The van der Waals surface area contributed by atoms with Crippen LogP contribution in [0, 0.1) is 0 Å². The molecule has 17 heavy (non-hydrogen) atoms. The van der Waals surface area contributed by atoms with E-state index in [1.165, 1.54) is 0 Å². The van der Waals surface area contributed by atoms with Crippen molar-refractivity contribution in [3.63, 3.8) is 0 Å². The fraction of sp³-hybridized carbons (Fsp3) is 0.357. The van der Waals surface area contributed by atoms with Gasteiger partial charge in [0, 0.05) is 16.9 Å². The first kappa shape index (κ1) is 10.5. The third-order valence-electron chi connectivity index (χ3n) is 3.55. The molecule has 1 N–H and O–H groups in total. The van der Waals surface area contributed by atoms with Crippen LogP contribution in [-0.2, 0) is 0 Å². The minimum absolute atomic E-state index is 0.0594. The number of aliphatic hydroxyl groups is 1. The van der Waals surface area contributed by atoms with Gasteiger partial charge in [-0.1, -0.05) is 24.6 Å². The van der Waals surface area contributed by atoms with Crippen molar-refractivity contribution in [1.29, 1.82) is 0 Å². The third-order valence-corrected chi connectivity index (χ3v) is 3.55. The van der Waals surface area contributed by atoms with Crippen LogP contribution in [0.3, 0.4) is 0 Å². The molecule has 1 aliphatic carbocycles. The van der Waals surface area contributed by atoms with Crippen molar-refractivity contribution in [3.05, 3.63) is 46.3 Å². The van der Waals surface area contributed by atoms with E-state index in [1.807, 2.05) is 24.3 Å². The molecule has 0 spiro atoms. The van der Waals surface area contributed by atoms with Gasteiger partial charge in [0.1, 0.15) is 5.58 Å². The highest BCUT2D eigenvalue weighted by Gasteiger charge is 2.29. The number of hydrogen-bond donors (Lipinski definition) is 1. The lowest BCUT2D eigenvalue weighted by Gasteiger charge is -2.13. The molecule has 0 aliphatic heterocycles. The van der Waals surface area contributed by atoms with Crippen molar-refractivity contribution in [2.24, 2.45) is 0 Å². The average Bonchev–Trinajstić information content (AvgIpc) is 2.74. The lowest BCUT2D eigenvalue weighted by atomic mass is 9.96. The Labute approximate surface area is 98.7 Å². The summed E-state index contributed by atoms with van der Waals surface area (Å²) in [5.74, 6) is -0.0594. The Kier molecular flexibility index (Phi) is 2.48. The van der Waals surface area contributed by atoms with Gasteiger partial charge in [0.25, 0.3) is 0 Å². The third kappa shape index (κ3) is 1.76. The normalized spacial score (nSPS) is 24.3. The Bertz CT molecular complexity index is 600. The monoisotopic (exact) mass is 230 g/mol. The van der Waals surface area contributed by atoms with E-state index in [0.29, 0.717) is 11.1 Å². The largest absolute Gasteiger partial charge is 0.423 e. The zero-order valence-electron chi connectivity index (χ0n) is 9.43. The number of fused-ring (bicyclic) bond motifs is 1. The average molecular weight is 230 g/mol. The Morgan fingerprint density at radius 2 is 2.06 bits per heavy atom. The Balaban J connectivity index is 2.16. The van der Waals surface area contributed by atoms with Gasteiger partial charge in [0.2, 0.25) is 0 Å². The molecule has 0 amide bonds. The lowest BCUT2D eigenvalue weighted by molar-refractivity contribution is 0.162. The fourth-order valence-electron chi connectivity index (χ4n) is 2.64. The van der Waals surface area contributed by atoms with E-state index in [0.717, 1.165) is 24.6 Å². The quantitative estimate of drug-likeness (QED) is 0.765. The molecule has 3 heteroatoms. The molecule has 2 atom stereocenters. The predicted octanol–water partition coefficient (Wildman–Crippen LogP) is 2.42. The molecule has 0 radical (unpaired) electrons. The Morgan fingerprint density at radius 1 is 1.24 bits per heavy atom. The van der Waals surface area contributed by atoms with Crippen LogP contribution in [0.15, 0.2) is 39.5 Å². The highest BCUT2D eigenvalue weighted by molar-refractivity contribution is 5.76. The van der Waals surface area contributed by atoms with Gasteiger partial charge in [-0.15, -0.1) is 0 Å². The molecular formula is C14H14O3. The maximum absolute atomic E-state index is 11.9. The first-order valence-electron chi connectivity index (χ1n) is 5.96. The summed E-state index contributed by atoms with van der Waals surface area (Å²) in [7, 11) is 0. The molecule has 88 valence electrons. The van der Waals surface area contributed by atoms with Crippen molar-refractivity contribution < 1.29 is 9.52 Å². The van der Waals surface area contributed by atoms with E-state index < -0.39 is 6.10 Å². The summed E-state index contributed by atoms with van der Waals surface area (Å²) in [6, 6.07) is 9.32. The zero-order valence-corrected chi connectivity index (χ0v) is 9.43. The molecule has 0 unspecified atom stereocenters. The highest BCUT2D eigenvalue weighted by atomic mass is 16.4. The summed E-state index contributed by atoms with van der Waals surface area (Å²) in [6.45, 7) is 0. The van der Waals surface area contributed by atoms with Gasteiger partial charge in [-0.05, 0) is 25.0 Å². The molecule has 1 aromatic heterocycles. The minimum Gasteiger partial charge on any atom is -0.423 e. The molecule has 1 aliphatic rings. The molecule has 0 bridgehead atoms. The molecular weight excluding hydrogens is 216 g/mol. The molecule has 1 fully saturated rings. The number of hydrogen-bond acceptors (Lipinski definition) is 3. The first-order valence-corrected chi connectivity index (χ1v) is 5.96. The second-order valence-corrected chi connectivity index (χ2v) is 4.63. The van der Waals surface area contributed by atoms with Gasteiger partial charge in [0.15, 0.2) is 0 Å². The van der Waals surface area contributed by atoms with Crippen LogP contribution in [0.25, 0.3) is 11.0 Å². The lowest BCUT2D eigenvalue weighted by Crippen LogP contribution is -2.18. The SMILES string of the molecule is O=c1oc2ccccc2cc1[C@@H]1CCC[C@@H]1O. The smallest absolute Gasteiger partial charge is 0.339 e. The van der Waals surface area contributed by atoms with E-state index in [1.54, 1.807) is 6.07 Å². The first-order chi connectivity index (χ1) is 8.25. The van der Waals surface area contributed by atoms with Crippen LogP contribution in [-0.4, -0.2) is 11.2 Å². The highest BCUT2D eigenvalue weighted by Crippen LogP contribution is 2.33. The second kappa shape index (κ2) is 4.00. The van der Waals surface area contributed by atoms with Crippen LogP contribution in [0.1, 0.15) is 30.7 Å². The van der Waals surface area contributed by atoms with Gasteiger partial charge in [-0.3, -0.25) is 0 Å². The summed E-state index contributed by atoms with van der Waals surface area (Å²) in [6.07, 6.45) is 2.21. The second-order valence-electron chi connectivity index (χ2n) is 4.63. The number of rotatable bonds is 1. The van der Waals surface area contributed by atoms with Crippen LogP contribution in [0.2, 0.25) is 0 Å².